The van der Waals surface area contributed by atoms with E-state index in [9.17, 15) is 0 Å². The number of nitrogens with one attached hydrogen (secondary N) is 1. The Kier molecular flexibility index (Phi) is 4.82. The Morgan fingerprint density at radius 2 is 2.07 bits per heavy atom. The molecule has 0 aromatic carbocycles. The van der Waals surface area contributed by atoms with Crippen molar-refractivity contribution in [2.75, 3.05) is 0 Å². The molecule has 0 radical (unpaired) electrons. The van der Waals surface area contributed by atoms with Crippen LogP contribution in [0, 0.1) is 5.92 Å². The summed E-state index contributed by atoms with van der Waals surface area (Å²) in [6.45, 7) is 10.8. The highest BCUT2D eigenvalue weighted by Gasteiger charge is 2.03. The summed E-state index contributed by atoms with van der Waals surface area (Å²) in [5.74, 6) is 0.736. The SMILES string of the molecule is CC(C)CCn1nccc1CNC(C)C. The first-order valence-corrected chi connectivity index (χ1v) is 5.83. The van der Waals surface area contributed by atoms with E-state index in [1.165, 1.54) is 12.1 Å². The van der Waals surface area contributed by atoms with Crippen LogP contribution < -0.4 is 5.32 Å². The molecule has 0 spiro atoms. The molecule has 86 valence electrons. The molecule has 0 bridgehead atoms. The molecule has 1 rings (SSSR count). The van der Waals surface area contributed by atoms with Gasteiger partial charge in [0.25, 0.3) is 0 Å². The number of rotatable bonds is 6. The Morgan fingerprint density at radius 1 is 1.33 bits per heavy atom. The van der Waals surface area contributed by atoms with Crippen LogP contribution >= 0.6 is 0 Å². The standard InChI is InChI=1S/C12H23N3/c1-10(2)6-8-15-12(5-7-14-15)9-13-11(3)4/h5,7,10-11,13H,6,8-9H2,1-4H3. The third-order valence-electron chi connectivity index (χ3n) is 2.41. The third-order valence-corrected chi connectivity index (χ3v) is 2.41. The first-order chi connectivity index (χ1) is 7.09. The van der Waals surface area contributed by atoms with Crippen LogP contribution in [-0.2, 0) is 13.1 Å². The van der Waals surface area contributed by atoms with Crippen molar-refractivity contribution in [1.82, 2.24) is 15.1 Å². The summed E-state index contributed by atoms with van der Waals surface area (Å²) in [5.41, 5.74) is 1.28. The molecule has 0 atom stereocenters. The van der Waals surface area contributed by atoms with Gasteiger partial charge in [0.2, 0.25) is 0 Å². The van der Waals surface area contributed by atoms with Crippen molar-refractivity contribution >= 4 is 0 Å². The van der Waals surface area contributed by atoms with Gasteiger partial charge < -0.3 is 5.32 Å². The lowest BCUT2D eigenvalue weighted by Crippen LogP contribution is -2.23. The molecule has 3 heteroatoms. The van der Waals surface area contributed by atoms with Crippen LogP contribution in [-0.4, -0.2) is 15.8 Å². The van der Waals surface area contributed by atoms with Crippen molar-refractivity contribution in [2.24, 2.45) is 5.92 Å². The highest BCUT2D eigenvalue weighted by Crippen LogP contribution is 2.05. The van der Waals surface area contributed by atoms with Gasteiger partial charge in [-0.15, -0.1) is 0 Å². The average Bonchev–Trinajstić information content (AvgIpc) is 2.58. The fourth-order valence-corrected chi connectivity index (χ4v) is 1.40. The molecule has 0 unspecified atom stereocenters. The molecule has 0 amide bonds. The molecule has 0 saturated heterocycles. The molecule has 1 aromatic rings. The maximum absolute atomic E-state index is 4.34. The van der Waals surface area contributed by atoms with Crippen molar-refractivity contribution in [3.8, 4) is 0 Å². The van der Waals surface area contributed by atoms with Gasteiger partial charge in [0, 0.05) is 25.3 Å². The monoisotopic (exact) mass is 209 g/mol. The van der Waals surface area contributed by atoms with Crippen LogP contribution in [0.2, 0.25) is 0 Å². The largest absolute Gasteiger partial charge is 0.309 e. The fraction of sp³-hybridized carbons (Fsp3) is 0.750. The molecule has 0 aliphatic rings. The summed E-state index contributed by atoms with van der Waals surface area (Å²) < 4.78 is 2.11. The molecule has 15 heavy (non-hydrogen) atoms. The van der Waals surface area contributed by atoms with Crippen molar-refractivity contribution in [3.63, 3.8) is 0 Å². The van der Waals surface area contributed by atoms with Gasteiger partial charge in [0.15, 0.2) is 0 Å². The summed E-state index contributed by atoms with van der Waals surface area (Å²) in [4.78, 5) is 0. The smallest absolute Gasteiger partial charge is 0.0522 e. The molecule has 1 heterocycles. The lowest BCUT2D eigenvalue weighted by Gasteiger charge is -2.11. The molecule has 0 fully saturated rings. The van der Waals surface area contributed by atoms with E-state index < -0.39 is 0 Å². The molecule has 1 aromatic heterocycles. The second-order valence-electron chi connectivity index (χ2n) is 4.76. The van der Waals surface area contributed by atoms with Crippen LogP contribution in [0.25, 0.3) is 0 Å². The zero-order valence-electron chi connectivity index (χ0n) is 10.3. The Hall–Kier alpha value is -0.830. The van der Waals surface area contributed by atoms with Gasteiger partial charge in [-0.25, -0.2) is 0 Å². The van der Waals surface area contributed by atoms with E-state index in [0.29, 0.717) is 6.04 Å². The summed E-state index contributed by atoms with van der Waals surface area (Å²) >= 11 is 0. The van der Waals surface area contributed by atoms with E-state index in [2.05, 4.69) is 48.9 Å². The van der Waals surface area contributed by atoms with E-state index >= 15 is 0 Å². The van der Waals surface area contributed by atoms with Crippen molar-refractivity contribution in [1.29, 1.82) is 0 Å². The van der Waals surface area contributed by atoms with E-state index in [1.807, 2.05) is 6.20 Å². The van der Waals surface area contributed by atoms with Gasteiger partial charge in [-0.2, -0.15) is 5.10 Å². The van der Waals surface area contributed by atoms with Gasteiger partial charge in [-0.05, 0) is 18.4 Å². The maximum Gasteiger partial charge on any atom is 0.0522 e. The number of aryl methyl sites for hydroxylation is 1. The summed E-state index contributed by atoms with van der Waals surface area (Å²) in [6.07, 6.45) is 3.08. The van der Waals surface area contributed by atoms with Gasteiger partial charge in [-0.3, -0.25) is 4.68 Å². The third kappa shape index (κ3) is 4.47. The van der Waals surface area contributed by atoms with Crippen molar-refractivity contribution in [2.45, 2.75) is 53.2 Å². The minimum atomic E-state index is 0.526. The Morgan fingerprint density at radius 3 is 2.67 bits per heavy atom. The fourth-order valence-electron chi connectivity index (χ4n) is 1.40. The van der Waals surface area contributed by atoms with Crippen molar-refractivity contribution in [3.05, 3.63) is 18.0 Å². The van der Waals surface area contributed by atoms with Crippen LogP contribution in [0.1, 0.15) is 39.8 Å². The van der Waals surface area contributed by atoms with Crippen LogP contribution in [0.4, 0.5) is 0 Å². The number of aromatic nitrogens is 2. The van der Waals surface area contributed by atoms with E-state index in [4.69, 9.17) is 0 Å². The molecular formula is C12H23N3. The maximum atomic E-state index is 4.34. The van der Waals surface area contributed by atoms with Crippen LogP contribution in [0.3, 0.4) is 0 Å². The number of hydrogen-bond acceptors (Lipinski definition) is 2. The molecule has 0 saturated carbocycles. The van der Waals surface area contributed by atoms with E-state index in [0.717, 1.165) is 19.0 Å². The average molecular weight is 209 g/mol. The molecule has 3 nitrogen and oxygen atoms in total. The van der Waals surface area contributed by atoms with E-state index in [-0.39, 0.29) is 0 Å². The molecule has 0 aliphatic carbocycles. The van der Waals surface area contributed by atoms with Gasteiger partial charge in [0.05, 0.1) is 5.69 Å². The highest BCUT2D eigenvalue weighted by molar-refractivity contribution is 5.00. The second kappa shape index (κ2) is 5.91. The van der Waals surface area contributed by atoms with E-state index in [1.54, 1.807) is 0 Å². The first kappa shape index (κ1) is 12.2. The van der Waals surface area contributed by atoms with Gasteiger partial charge in [0.1, 0.15) is 0 Å². The minimum absolute atomic E-state index is 0.526. The molecule has 0 aliphatic heterocycles. The molecule has 1 N–H and O–H groups in total. The predicted octanol–water partition coefficient (Wildman–Crippen LogP) is 2.43. The Balaban J connectivity index is 2.46. The zero-order chi connectivity index (χ0) is 11.3. The normalized spacial score (nSPS) is 11.6. The quantitative estimate of drug-likeness (QED) is 0.780. The minimum Gasteiger partial charge on any atom is -0.309 e. The number of hydrogen-bond donors (Lipinski definition) is 1. The Labute approximate surface area is 92.9 Å². The first-order valence-electron chi connectivity index (χ1n) is 5.83. The van der Waals surface area contributed by atoms with Crippen LogP contribution in [0.15, 0.2) is 12.3 Å². The topological polar surface area (TPSA) is 29.9 Å². The number of nitrogens with zero attached hydrogens (tertiary/aromatic N) is 2. The summed E-state index contributed by atoms with van der Waals surface area (Å²) in [7, 11) is 0. The lowest BCUT2D eigenvalue weighted by molar-refractivity contribution is 0.463. The summed E-state index contributed by atoms with van der Waals surface area (Å²) in [5, 5.41) is 7.76. The van der Waals surface area contributed by atoms with Crippen LogP contribution in [0.5, 0.6) is 0 Å². The molecular weight excluding hydrogens is 186 g/mol. The highest BCUT2D eigenvalue weighted by atomic mass is 15.3. The van der Waals surface area contributed by atoms with Gasteiger partial charge in [-0.1, -0.05) is 27.7 Å². The second-order valence-corrected chi connectivity index (χ2v) is 4.76. The van der Waals surface area contributed by atoms with Crippen molar-refractivity contribution < 1.29 is 0 Å². The lowest BCUT2D eigenvalue weighted by atomic mass is 10.1. The summed E-state index contributed by atoms with van der Waals surface area (Å²) in [6, 6.07) is 2.62. The van der Waals surface area contributed by atoms with Gasteiger partial charge >= 0.3 is 0 Å². The predicted molar refractivity (Wildman–Crippen MR) is 63.7 cm³/mol. The Bertz CT molecular complexity index is 250. The zero-order valence-corrected chi connectivity index (χ0v) is 10.3.